The number of alkyl halides is 1. The first-order valence-electron chi connectivity index (χ1n) is 4.11. The molecule has 0 aromatic heterocycles. The van der Waals surface area contributed by atoms with Crippen LogP contribution in [0, 0.1) is 0 Å². The number of benzene rings is 1. The van der Waals surface area contributed by atoms with E-state index in [4.69, 9.17) is 17.3 Å². The van der Waals surface area contributed by atoms with E-state index in [1.54, 1.807) is 0 Å². The van der Waals surface area contributed by atoms with Crippen molar-refractivity contribution in [1.82, 2.24) is 0 Å². The molecular formula is C10H12ClNO. The second-order valence-corrected chi connectivity index (χ2v) is 3.47. The Hall–Kier alpha value is -1.02. The van der Waals surface area contributed by atoms with E-state index in [9.17, 15) is 4.79 Å². The molecule has 0 aliphatic carbocycles. The summed E-state index contributed by atoms with van der Waals surface area (Å²) in [6.45, 7) is 1.89. The second-order valence-electron chi connectivity index (χ2n) is 3.00. The summed E-state index contributed by atoms with van der Waals surface area (Å²) in [5.41, 5.74) is 6.13. The average Bonchev–Trinajstić information content (AvgIpc) is 2.17. The van der Waals surface area contributed by atoms with Crippen molar-refractivity contribution in [2.75, 3.05) is 0 Å². The highest BCUT2D eigenvalue weighted by Gasteiger charge is 2.20. The monoisotopic (exact) mass is 197 g/mol. The Balaban J connectivity index is 2.79. The Kier molecular flexibility index (Phi) is 3.32. The molecular weight excluding hydrogens is 186 g/mol. The summed E-state index contributed by atoms with van der Waals surface area (Å²) >= 11 is 5.83. The molecule has 2 nitrogen and oxygen atoms in total. The van der Waals surface area contributed by atoms with Crippen LogP contribution in [0.5, 0.6) is 0 Å². The van der Waals surface area contributed by atoms with Crippen LogP contribution in [0.1, 0.15) is 18.4 Å². The van der Waals surface area contributed by atoms with Gasteiger partial charge in [0, 0.05) is 5.92 Å². The minimum absolute atomic E-state index is 0.0413. The van der Waals surface area contributed by atoms with Crippen molar-refractivity contribution in [3.63, 3.8) is 0 Å². The summed E-state index contributed by atoms with van der Waals surface area (Å²) in [4.78, 5) is 10.8. The topological polar surface area (TPSA) is 43.1 Å². The van der Waals surface area contributed by atoms with Gasteiger partial charge in [-0.2, -0.15) is 0 Å². The van der Waals surface area contributed by atoms with Crippen molar-refractivity contribution < 1.29 is 4.79 Å². The quantitative estimate of drug-likeness (QED) is 0.739. The average molecular weight is 198 g/mol. The molecule has 13 heavy (non-hydrogen) atoms. The molecule has 0 aliphatic rings. The minimum atomic E-state index is -0.637. The van der Waals surface area contributed by atoms with E-state index in [0.29, 0.717) is 0 Å². The van der Waals surface area contributed by atoms with E-state index in [1.807, 2.05) is 37.3 Å². The molecule has 3 heteroatoms. The maximum atomic E-state index is 10.8. The molecule has 2 unspecified atom stereocenters. The van der Waals surface area contributed by atoms with Crippen molar-refractivity contribution in [3.8, 4) is 0 Å². The molecule has 0 heterocycles. The molecule has 0 saturated heterocycles. The first kappa shape index (κ1) is 10.1. The first-order chi connectivity index (χ1) is 6.13. The van der Waals surface area contributed by atoms with Crippen molar-refractivity contribution in [1.29, 1.82) is 0 Å². The molecule has 0 saturated carbocycles. The van der Waals surface area contributed by atoms with Crippen molar-refractivity contribution >= 4 is 17.5 Å². The van der Waals surface area contributed by atoms with Crippen LogP contribution in [-0.4, -0.2) is 11.3 Å². The highest BCUT2D eigenvalue weighted by Crippen LogP contribution is 2.22. The van der Waals surface area contributed by atoms with E-state index in [0.717, 1.165) is 5.56 Å². The Labute approximate surface area is 82.7 Å². The summed E-state index contributed by atoms with van der Waals surface area (Å²) in [5.74, 6) is -0.515. The lowest BCUT2D eigenvalue weighted by Gasteiger charge is -2.14. The number of primary amides is 1. The van der Waals surface area contributed by atoms with Crippen LogP contribution in [0.15, 0.2) is 30.3 Å². The normalized spacial score (nSPS) is 14.9. The Morgan fingerprint density at radius 2 is 1.92 bits per heavy atom. The highest BCUT2D eigenvalue weighted by atomic mass is 35.5. The van der Waals surface area contributed by atoms with Gasteiger partial charge in [-0.1, -0.05) is 37.3 Å². The molecule has 2 N–H and O–H groups in total. The standard InChI is InChI=1S/C10H12ClNO/c1-7(9(11)10(12)13)8-5-3-2-4-6-8/h2-7,9H,1H3,(H2,12,13). The molecule has 0 radical (unpaired) electrons. The molecule has 70 valence electrons. The summed E-state index contributed by atoms with van der Waals surface area (Å²) in [7, 11) is 0. The Bertz CT molecular complexity index is 286. The molecule has 2 atom stereocenters. The van der Waals surface area contributed by atoms with Gasteiger partial charge in [-0.05, 0) is 5.56 Å². The number of hydrogen-bond acceptors (Lipinski definition) is 1. The van der Waals surface area contributed by atoms with Crippen molar-refractivity contribution in [2.24, 2.45) is 5.73 Å². The second kappa shape index (κ2) is 4.28. The van der Waals surface area contributed by atoms with Crippen LogP contribution in [0.25, 0.3) is 0 Å². The molecule has 0 bridgehead atoms. The molecule has 1 rings (SSSR count). The fraction of sp³-hybridized carbons (Fsp3) is 0.300. The maximum Gasteiger partial charge on any atom is 0.236 e. The lowest BCUT2D eigenvalue weighted by molar-refractivity contribution is -0.118. The number of nitrogens with two attached hydrogens (primary N) is 1. The van der Waals surface area contributed by atoms with Crippen LogP contribution < -0.4 is 5.73 Å². The zero-order valence-corrected chi connectivity index (χ0v) is 8.16. The Morgan fingerprint density at radius 1 is 1.38 bits per heavy atom. The van der Waals surface area contributed by atoms with Crippen LogP contribution in [0.4, 0.5) is 0 Å². The fourth-order valence-electron chi connectivity index (χ4n) is 1.17. The summed E-state index contributed by atoms with van der Waals surface area (Å²) in [6, 6.07) is 9.61. The zero-order chi connectivity index (χ0) is 9.84. The summed E-state index contributed by atoms with van der Waals surface area (Å²) in [6.07, 6.45) is 0. The van der Waals surface area contributed by atoms with Gasteiger partial charge in [-0.15, -0.1) is 11.6 Å². The number of amides is 1. The number of hydrogen-bond donors (Lipinski definition) is 1. The first-order valence-corrected chi connectivity index (χ1v) is 4.55. The lowest BCUT2D eigenvalue weighted by atomic mass is 9.97. The maximum absolute atomic E-state index is 10.8. The molecule has 1 aromatic rings. The largest absolute Gasteiger partial charge is 0.368 e. The molecule has 1 aromatic carbocycles. The van der Waals surface area contributed by atoms with Crippen molar-refractivity contribution in [3.05, 3.63) is 35.9 Å². The van der Waals surface area contributed by atoms with Crippen molar-refractivity contribution in [2.45, 2.75) is 18.2 Å². The summed E-state index contributed by atoms with van der Waals surface area (Å²) in [5, 5.41) is -0.637. The van der Waals surface area contributed by atoms with E-state index in [-0.39, 0.29) is 5.92 Å². The van der Waals surface area contributed by atoms with Crippen LogP contribution in [-0.2, 0) is 4.79 Å². The predicted octanol–water partition coefficient (Wildman–Crippen LogP) is 1.88. The van der Waals surface area contributed by atoms with E-state index in [2.05, 4.69) is 0 Å². The van der Waals surface area contributed by atoms with Gasteiger partial charge in [0.2, 0.25) is 5.91 Å². The zero-order valence-electron chi connectivity index (χ0n) is 7.41. The SMILES string of the molecule is CC(c1ccccc1)C(Cl)C(N)=O. The van der Waals surface area contributed by atoms with Crippen LogP contribution in [0.3, 0.4) is 0 Å². The molecule has 1 amide bonds. The van der Waals surface area contributed by atoms with Crippen LogP contribution >= 0.6 is 11.6 Å². The number of carbonyl (C=O) groups excluding carboxylic acids is 1. The van der Waals surface area contributed by atoms with Gasteiger partial charge in [0.15, 0.2) is 0 Å². The van der Waals surface area contributed by atoms with Gasteiger partial charge >= 0.3 is 0 Å². The third-order valence-electron chi connectivity index (χ3n) is 2.04. The van der Waals surface area contributed by atoms with E-state index in [1.165, 1.54) is 0 Å². The lowest BCUT2D eigenvalue weighted by Crippen LogP contribution is -2.28. The van der Waals surface area contributed by atoms with Gasteiger partial charge in [0.1, 0.15) is 5.38 Å². The van der Waals surface area contributed by atoms with E-state index >= 15 is 0 Å². The smallest absolute Gasteiger partial charge is 0.236 e. The predicted molar refractivity (Wildman–Crippen MR) is 53.7 cm³/mol. The number of halogens is 1. The van der Waals surface area contributed by atoms with Gasteiger partial charge in [0.25, 0.3) is 0 Å². The minimum Gasteiger partial charge on any atom is -0.368 e. The van der Waals surface area contributed by atoms with Gasteiger partial charge in [0.05, 0.1) is 0 Å². The number of carbonyl (C=O) groups is 1. The highest BCUT2D eigenvalue weighted by molar-refractivity contribution is 6.31. The van der Waals surface area contributed by atoms with Gasteiger partial charge in [-0.3, -0.25) is 4.79 Å². The Morgan fingerprint density at radius 3 is 2.38 bits per heavy atom. The molecule has 0 aliphatic heterocycles. The molecule has 0 fully saturated rings. The molecule has 0 spiro atoms. The van der Waals surface area contributed by atoms with E-state index < -0.39 is 11.3 Å². The third-order valence-corrected chi connectivity index (χ3v) is 2.63. The van der Waals surface area contributed by atoms with Gasteiger partial charge in [-0.25, -0.2) is 0 Å². The van der Waals surface area contributed by atoms with Gasteiger partial charge < -0.3 is 5.73 Å². The fourth-order valence-corrected chi connectivity index (χ4v) is 1.32. The number of rotatable bonds is 3. The summed E-state index contributed by atoms with van der Waals surface area (Å²) < 4.78 is 0. The third kappa shape index (κ3) is 2.46. The van der Waals surface area contributed by atoms with Crippen LogP contribution in [0.2, 0.25) is 0 Å².